The van der Waals surface area contributed by atoms with Crippen molar-refractivity contribution in [3.63, 3.8) is 0 Å². The Morgan fingerprint density at radius 2 is 1.50 bits per heavy atom. The summed E-state index contributed by atoms with van der Waals surface area (Å²) in [6.07, 6.45) is 2.69. The first-order chi connectivity index (χ1) is 6.40. The van der Waals surface area contributed by atoms with Crippen LogP contribution >= 0.6 is 0 Å². The lowest BCUT2D eigenvalue weighted by Crippen LogP contribution is -2.35. The van der Waals surface area contributed by atoms with Crippen molar-refractivity contribution < 1.29 is 4.79 Å². The van der Waals surface area contributed by atoms with Gasteiger partial charge in [0.1, 0.15) is 5.78 Å². The number of ketones is 1. The van der Waals surface area contributed by atoms with E-state index in [0.717, 1.165) is 19.3 Å². The molecule has 0 aliphatic rings. The van der Waals surface area contributed by atoms with E-state index in [1.807, 2.05) is 0 Å². The maximum atomic E-state index is 12.2. The molecule has 0 N–H and O–H groups in total. The first kappa shape index (κ1) is 13.7. The zero-order chi connectivity index (χ0) is 11.4. The van der Waals surface area contributed by atoms with E-state index in [4.69, 9.17) is 0 Å². The molecule has 0 saturated heterocycles. The first-order valence-electron chi connectivity index (χ1n) is 5.94. The van der Waals surface area contributed by atoms with Crippen molar-refractivity contribution in [2.45, 2.75) is 60.8 Å². The summed E-state index contributed by atoms with van der Waals surface area (Å²) in [6, 6.07) is 0. The summed E-state index contributed by atoms with van der Waals surface area (Å²) in [6.45, 7) is 12.9. The van der Waals surface area contributed by atoms with Crippen molar-refractivity contribution in [2.75, 3.05) is 0 Å². The Kier molecular flexibility index (Phi) is 5.40. The molecule has 0 aromatic carbocycles. The summed E-state index contributed by atoms with van der Waals surface area (Å²) in [7, 11) is 0. The molecule has 1 nitrogen and oxygen atoms in total. The number of hydrogen-bond donors (Lipinski definition) is 0. The number of rotatable bonds is 6. The number of Topliss-reactive ketones (excluding diaryl/α,β-unsaturated/α-hetero) is 1. The Labute approximate surface area is 89.3 Å². The van der Waals surface area contributed by atoms with Gasteiger partial charge in [-0.3, -0.25) is 4.79 Å². The highest BCUT2D eigenvalue weighted by molar-refractivity contribution is 5.85. The average molecular weight is 198 g/mol. The van der Waals surface area contributed by atoms with Crippen LogP contribution in [0.15, 0.2) is 0 Å². The summed E-state index contributed by atoms with van der Waals surface area (Å²) in [5.41, 5.74) is -0.0652. The van der Waals surface area contributed by atoms with Gasteiger partial charge in [0.2, 0.25) is 0 Å². The number of carbonyl (C=O) groups is 1. The molecule has 0 atom stereocenters. The molecular weight excluding hydrogens is 172 g/mol. The predicted octanol–water partition coefficient (Wildman–Crippen LogP) is 4.06. The van der Waals surface area contributed by atoms with Gasteiger partial charge in [0.25, 0.3) is 0 Å². The van der Waals surface area contributed by atoms with E-state index >= 15 is 0 Å². The maximum absolute atomic E-state index is 12.2. The monoisotopic (exact) mass is 198 g/mol. The first-order valence-corrected chi connectivity index (χ1v) is 5.94. The largest absolute Gasteiger partial charge is 0.299 e. The minimum atomic E-state index is -0.0652. The molecule has 1 heteroatoms. The molecule has 0 aliphatic carbocycles. The zero-order valence-corrected chi connectivity index (χ0v) is 10.7. The predicted molar refractivity (Wildman–Crippen MR) is 62.3 cm³/mol. The van der Waals surface area contributed by atoms with Crippen molar-refractivity contribution in [1.29, 1.82) is 0 Å². The van der Waals surface area contributed by atoms with Gasteiger partial charge in [-0.1, -0.05) is 41.5 Å². The second-order valence-corrected chi connectivity index (χ2v) is 5.04. The molecule has 0 rings (SSSR count). The third-order valence-corrected chi connectivity index (χ3v) is 3.52. The van der Waals surface area contributed by atoms with Crippen LogP contribution in [0.2, 0.25) is 0 Å². The molecule has 0 heterocycles. The lowest BCUT2D eigenvalue weighted by molar-refractivity contribution is -0.132. The Morgan fingerprint density at radius 1 is 1.07 bits per heavy atom. The zero-order valence-electron chi connectivity index (χ0n) is 10.7. The van der Waals surface area contributed by atoms with Crippen molar-refractivity contribution >= 4 is 5.78 Å². The summed E-state index contributed by atoms with van der Waals surface area (Å²) in [4.78, 5) is 12.2. The van der Waals surface area contributed by atoms with Crippen molar-refractivity contribution in [2.24, 2.45) is 17.3 Å². The van der Waals surface area contributed by atoms with E-state index in [2.05, 4.69) is 41.5 Å². The minimum absolute atomic E-state index is 0.0652. The van der Waals surface area contributed by atoms with Crippen LogP contribution in [-0.4, -0.2) is 5.78 Å². The van der Waals surface area contributed by atoms with Crippen LogP contribution < -0.4 is 0 Å². The molecular formula is C13H26O. The summed E-state index contributed by atoms with van der Waals surface area (Å²) in [5, 5.41) is 0. The van der Waals surface area contributed by atoms with E-state index in [1.54, 1.807) is 0 Å². The molecule has 0 saturated carbocycles. The molecule has 0 radical (unpaired) electrons. The second-order valence-electron chi connectivity index (χ2n) is 5.04. The van der Waals surface area contributed by atoms with E-state index in [1.165, 1.54) is 0 Å². The summed E-state index contributed by atoms with van der Waals surface area (Å²) >= 11 is 0. The smallest absolute Gasteiger partial charge is 0.139 e. The lowest BCUT2D eigenvalue weighted by atomic mass is 9.68. The highest BCUT2D eigenvalue weighted by atomic mass is 16.1. The molecule has 0 unspecified atom stereocenters. The highest BCUT2D eigenvalue weighted by Crippen LogP contribution is 2.37. The molecule has 14 heavy (non-hydrogen) atoms. The summed E-state index contributed by atoms with van der Waals surface area (Å²) < 4.78 is 0. The van der Waals surface area contributed by atoms with Gasteiger partial charge < -0.3 is 0 Å². The standard InChI is InChI=1S/C13H26O/c1-7-13(8-2,11(5)6)12(14)9-10(3)4/h10-11H,7-9H2,1-6H3. The highest BCUT2D eigenvalue weighted by Gasteiger charge is 2.37. The van der Waals surface area contributed by atoms with Crippen LogP contribution in [0.1, 0.15) is 60.8 Å². The van der Waals surface area contributed by atoms with Gasteiger partial charge in [-0.15, -0.1) is 0 Å². The minimum Gasteiger partial charge on any atom is -0.299 e. The molecule has 0 fully saturated rings. The molecule has 0 aliphatic heterocycles. The Hall–Kier alpha value is -0.330. The molecule has 0 aromatic heterocycles. The molecule has 0 amide bonds. The van der Waals surface area contributed by atoms with Crippen LogP contribution in [-0.2, 0) is 4.79 Å². The maximum Gasteiger partial charge on any atom is 0.139 e. The van der Waals surface area contributed by atoms with E-state index in [-0.39, 0.29) is 5.41 Å². The lowest BCUT2D eigenvalue weighted by Gasteiger charge is -2.35. The topological polar surface area (TPSA) is 17.1 Å². The van der Waals surface area contributed by atoms with Gasteiger partial charge >= 0.3 is 0 Å². The third-order valence-electron chi connectivity index (χ3n) is 3.52. The van der Waals surface area contributed by atoms with Gasteiger partial charge in [0.05, 0.1) is 0 Å². The molecule has 0 aromatic rings. The van der Waals surface area contributed by atoms with E-state index in [0.29, 0.717) is 17.6 Å². The van der Waals surface area contributed by atoms with Gasteiger partial charge in [-0.05, 0) is 24.7 Å². The van der Waals surface area contributed by atoms with Crippen molar-refractivity contribution in [3.05, 3.63) is 0 Å². The fourth-order valence-electron chi connectivity index (χ4n) is 2.36. The van der Waals surface area contributed by atoms with Crippen LogP contribution in [0.3, 0.4) is 0 Å². The van der Waals surface area contributed by atoms with Crippen molar-refractivity contribution in [3.8, 4) is 0 Å². The Morgan fingerprint density at radius 3 is 1.71 bits per heavy atom. The average Bonchev–Trinajstić information content (AvgIpc) is 2.05. The molecule has 0 spiro atoms. The van der Waals surface area contributed by atoms with Gasteiger partial charge in [0, 0.05) is 11.8 Å². The van der Waals surface area contributed by atoms with Gasteiger partial charge in [-0.2, -0.15) is 0 Å². The number of carbonyl (C=O) groups excluding carboxylic acids is 1. The Bertz CT molecular complexity index is 176. The van der Waals surface area contributed by atoms with Crippen molar-refractivity contribution in [1.82, 2.24) is 0 Å². The van der Waals surface area contributed by atoms with Crippen LogP contribution in [0, 0.1) is 17.3 Å². The molecule has 0 bridgehead atoms. The second kappa shape index (κ2) is 5.53. The third kappa shape index (κ3) is 2.83. The SMILES string of the molecule is CCC(CC)(C(=O)CC(C)C)C(C)C. The van der Waals surface area contributed by atoms with Crippen LogP contribution in [0.25, 0.3) is 0 Å². The fourth-order valence-corrected chi connectivity index (χ4v) is 2.36. The summed E-state index contributed by atoms with van der Waals surface area (Å²) in [5.74, 6) is 1.41. The van der Waals surface area contributed by atoms with Gasteiger partial charge in [0.15, 0.2) is 0 Å². The van der Waals surface area contributed by atoms with Crippen LogP contribution in [0.5, 0.6) is 0 Å². The van der Waals surface area contributed by atoms with E-state index in [9.17, 15) is 4.79 Å². The quantitative estimate of drug-likeness (QED) is 0.629. The molecule has 84 valence electrons. The van der Waals surface area contributed by atoms with Crippen LogP contribution in [0.4, 0.5) is 0 Å². The van der Waals surface area contributed by atoms with Gasteiger partial charge in [-0.25, -0.2) is 0 Å². The fraction of sp³-hybridized carbons (Fsp3) is 0.923. The number of hydrogen-bond acceptors (Lipinski definition) is 1. The normalized spacial score (nSPS) is 12.6. The van der Waals surface area contributed by atoms with E-state index < -0.39 is 0 Å². The Balaban J connectivity index is 4.71.